The number of hydrogen-bond donors (Lipinski definition) is 2. The van der Waals surface area contributed by atoms with Gasteiger partial charge in [-0.05, 0) is 47.8 Å². The molecular formula is C22H19NO4. The van der Waals surface area contributed by atoms with E-state index in [2.05, 4.69) is 0 Å². The quantitative estimate of drug-likeness (QED) is 0.738. The molecule has 136 valence electrons. The van der Waals surface area contributed by atoms with Crippen LogP contribution in [0.3, 0.4) is 0 Å². The average molecular weight is 361 g/mol. The van der Waals surface area contributed by atoms with E-state index in [1.165, 1.54) is 0 Å². The first kappa shape index (κ1) is 17.2. The van der Waals surface area contributed by atoms with Gasteiger partial charge in [-0.1, -0.05) is 36.4 Å². The molecule has 1 unspecified atom stereocenters. The number of rotatable bonds is 4. The molecule has 27 heavy (non-hydrogen) atoms. The summed E-state index contributed by atoms with van der Waals surface area (Å²) in [5, 5.41) is 9.44. The van der Waals surface area contributed by atoms with E-state index >= 15 is 0 Å². The molecule has 1 aliphatic carbocycles. The van der Waals surface area contributed by atoms with Crippen molar-refractivity contribution in [1.29, 1.82) is 0 Å². The van der Waals surface area contributed by atoms with Gasteiger partial charge in [-0.25, -0.2) is 0 Å². The number of fused-ring (bicyclic) bond motifs is 2. The molecule has 0 fully saturated rings. The van der Waals surface area contributed by atoms with Gasteiger partial charge in [0.1, 0.15) is 11.3 Å². The van der Waals surface area contributed by atoms with E-state index in [-0.39, 0.29) is 11.8 Å². The van der Waals surface area contributed by atoms with Crippen LogP contribution in [0, 0.1) is 0 Å². The summed E-state index contributed by atoms with van der Waals surface area (Å²) in [5.41, 5.74) is 9.76. The summed E-state index contributed by atoms with van der Waals surface area (Å²) >= 11 is 0. The first-order chi connectivity index (χ1) is 13.0. The molecule has 3 N–H and O–H groups in total. The Morgan fingerprint density at radius 2 is 1.96 bits per heavy atom. The van der Waals surface area contributed by atoms with E-state index in [1.807, 2.05) is 36.4 Å². The summed E-state index contributed by atoms with van der Waals surface area (Å²) in [6, 6.07) is 14.3. The molecule has 1 heterocycles. The molecule has 5 heteroatoms. The molecule has 0 aliphatic heterocycles. The standard InChI is InChI=1S/C22H19NO4/c23-18(12-20(24)25)14-6-8-16-19(11-14)27-22-15(7-9-17(22)21(16)26)10-13-4-2-1-3-5-13/h1-6,8,10-11,18H,7,9,12,23H2,(H,24,25). The Bertz CT molecular complexity index is 1110. The van der Waals surface area contributed by atoms with Crippen molar-refractivity contribution in [2.45, 2.75) is 25.3 Å². The molecule has 0 saturated carbocycles. The van der Waals surface area contributed by atoms with Gasteiger partial charge in [0.05, 0.1) is 11.8 Å². The van der Waals surface area contributed by atoms with E-state index in [0.717, 1.165) is 17.6 Å². The number of carboxylic acids is 1. The number of carboxylic acid groups (broad SMARTS) is 1. The fourth-order valence-corrected chi connectivity index (χ4v) is 3.53. The Morgan fingerprint density at radius 3 is 2.70 bits per heavy atom. The lowest BCUT2D eigenvalue weighted by atomic mass is 10.0. The van der Waals surface area contributed by atoms with E-state index in [1.54, 1.807) is 18.2 Å². The Hall–Kier alpha value is -3.18. The molecule has 0 bridgehead atoms. The summed E-state index contributed by atoms with van der Waals surface area (Å²) in [5.74, 6) is -0.341. The molecule has 4 rings (SSSR count). The molecule has 1 aliphatic rings. The third-order valence-corrected chi connectivity index (χ3v) is 4.91. The maximum Gasteiger partial charge on any atom is 0.305 e. The summed E-state index contributed by atoms with van der Waals surface area (Å²) < 4.78 is 6.09. The third kappa shape index (κ3) is 3.29. The van der Waals surface area contributed by atoms with Crippen LogP contribution in [-0.4, -0.2) is 11.1 Å². The largest absolute Gasteiger partial charge is 0.481 e. The highest BCUT2D eigenvalue weighted by Gasteiger charge is 2.24. The second-order valence-corrected chi connectivity index (χ2v) is 6.78. The van der Waals surface area contributed by atoms with E-state index in [4.69, 9.17) is 15.3 Å². The van der Waals surface area contributed by atoms with Crippen molar-refractivity contribution < 1.29 is 14.3 Å². The van der Waals surface area contributed by atoms with Gasteiger partial charge in [-0.2, -0.15) is 0 Å². The minimum Gasteiger partial charge on any atom is -0.481 e. The minimum atomic E-state index is -0.967. The maximum absolute atomic E-state index is 12.9. The summed E-state index contributed by atoms with van der Waals surface area (Å²) in [7, 11) is 0. The lowest BCUT2D eigenvalue weighted by molar-refractivity contribution is -0.137. The highest BCUT2D eigenvalue weighted by molar-refractivity contribution is 5.87. The fraction of sp³-hybridized carbons (Fsp3) is 0.182. The molecular weight excluding hydrogens is 342 g/mol. The molecule has 0 amide bonds. The van der Waals surface area contributed by atoms with Crippen LogP contribution in [-0.2, 0) is 11.2 Å². The second-order valence-electron chi connectivity index (χ2n) is 6.78. The molecule has 3 aromatic rings. The lowest BCUT2D eigenvalue weighted by Crippen LogP contribution is -2.15. The van der Waals surface area contributed by atoms with Crippen molar-refractivity contribution in [3.63, 3.8) is 0 Å². The molecule has 1 aromatic heterocycles. The Morgan fingerprint density at radius 1 is 1.19 bits per heavy atom. The number of hydrogen-bond acceptors (Lipinski definition) is 4. The Kier molecular flexibility index (Phi) is 4.38. The van der Waals surface area contributed by atoms with Gasteiger partial charge in [0.25, 0.3) is 0 Å². The average Bonchev–Trinajstić information content (AvgIpc) is 3.05. The number of carbonyl (C=O) groups is 1. The van der Waals surface area contributed by atoms with Gasteiger partial charge in [0, 0.05) is 11.6 Å². The maximum atomic E-state index is 12.9. The van der Waals surface area contributed by atoms with Crippen molar-refractivity contribution in [3.05, 3.63) is 81.2 Å². The zero-order valence-corrected chi connectivity index (χ0v) is 14.6. The van der Waals surface area contributed by atoms with Crippen molar-refractivity contribution in [2.24, 2.45) is 5.73 Å². The zero-order chi connectivity index (χ0) is 19.0. The van der Waals surface area contributed by atoms with E-state index < -0.39 is 12.0 Å². The molecule has 0 saturated heterocycles. The lowest BCUT2D eigenvalue weighted by Gasteiger charge is -2.11. The first-order valence-electron chi connectivity index (χ1n) is 8.86. The van der Waals surface area contributed by atoms with Crippen LogP contribution in [0.15, 0.2) is 57.7 Å². The normalized spacial score (nSPS) is 15.8. The van der Waals surface area contributed by atoms with Crippen LogP contribution < -0.4 is 11.2 Å². The topological polar surface area (TPSA) is 93.5 Å². The highest BCUT2D eigenvalue weighted by atomic mass is 16.4. The van der Waals surface area contributed by atoms with Crippen molar-refractivity contribution in [2.75, 3.05) is 0 Å². The van der Waals surface area contributed by atoms with Crippen molar-refractivity contribution in [1.82, 2.24) is 0 Å². The van der Waals surface area contributed by atoms with Crippen molar-refractivity contribution in [3.8, 4) is 0 Å². The van der Waals surface area contributed by atoms with Crippen LogP contribution in [0.5, 0.6) is 0 Å². The predicted octanol–water partition coefficient (Wildman–Crippen LogP) is 3.75. The summed E-state index contributed by atoms with van der Waals surface area (Å²) in [4.78, 5) is 23.8. The van der Waals surface area contributed by atoms with Crippen LogP contribution >= 0.6 is 0 Å². The second kappa shape index (κ2) is 6.85. The van der Waals surface area contributed by atoms with Crippen LogP contribution in [0.25, 0.3) is 22.6 Å². The summed E-state index contributed by atoms with van der Waals surface area (Å²) in [6.07, 6.45) is 3.28. The number of allylic oxidation sites excluding steroid dienone is 1. The molecule has 1 atom stereocenters. The van der Waals surface area contributed by atoms with Gasteiger partial charge in [-0.3, -0.25) is 9.59 Å². The Balaban J connectivity index is 1.81. The van der Waals surface area contributed by atoms with Crippen LogP contribution in [0.4, 0.5) is 0 Å². The Labute approximate surface area is 155 Å². The molecule has 0 radical (unpaired) electrons. The minimum absolute atomic E-state index is 0.0268. The number of aliphatic carboxylic acids is 1. The van der Waals surface area contributed by atoms with Gasteiger partial charge in [0.2, 0.25) is 0 Å². The smallest absolute Gasteiger partial charge is 0.305 e. The molecule has 0 spiro atoms. The van der Waals surface area contributed by atoms with Crippen LogP contribution in [0.1, 0.15) is 41.3 Å². The number of benzene rings is 2. The van der Waals surface area contributed by atoms with E-state index in [0.29, 0.717) is 34.3 Å². The third-order valence-electron chi connectivity index (χ3n) is 4.91. The fourth-order valence-electron chi connectivity index (χ4n) is 3.53. The zero-order valence-electron chi connectivity index (χ0n) is 14.6. The van der Waals surface area contributed by atoms with Gasteiger partial charge < -0.3 is 15.3 Å². The monoisotopic (exact) mass is 361 g/mol. The molecule has 5 nitrogen and oxygen atoms in total. The highest BCUT2D eigenvalue weighted by Crippen LogP contribution is 2.34. The SMILES string of the molecule is NC(CC(=O)O)c1ccc2c(=O)c3c(oc2c1)C(=Cc1ccccc1)CC3. The molecule has 2 aromatic carbocycles. The van der Waals surface area contributed by atoms with Gasteiger partial charge >= 0.3 is 5.97 Å². The van der Waals surface area contributed by atoms with Gasteiger partial charge in [0.15, 0.2) is 5.43 Å². The summed E-state index contributed by atoms with van der Waals surface area (Å²) in [6.45, 7) is 0. The first-order valence-corrected chi connectivity index (χ1v) is 8.86. The van der Waals surface area contributed by atoms with E-state index in [9.17, 15) is 9.59 Å². The van der Waals surface area contributed by atoms with Gasteiger partial charge in [-0.15, -0.1) is 0 Å². The predicted molar refractivity (Wildman–Crippen MR) is 104 cm³/mol. The number of nitrogens with two attached hydrogens (primary N) is 1. The van der Waals surface area contributed by atoms with Crippen molar-refractivity contribution >= 4 is 28.6 Å². The van der Waals surface area contributed by atoms with Crippen LogP contribution in [0.2, 0.25) is 0 Å².